The molecule has 0 saturated carbocycles. The van der Waals surface area contributed by atoms with Crippen LogP contribution in [-0.2, 0) is 4.79 Å². The van der Waals surface area contributed by atoms with Gasteiger partial charge in [0.1, 0.15) is 0 Å². The molecule has 1 aliphatic rings. The van der Waals surface area contributed by atoms with Gasteiger partial charge in [0.15, 0.2) is 5.82 Å². The fourth-order valence-corrected chi connectivity index (χ4v) is 3.01. The highest BCUT2D eigenvalue weighted by Crippen LogP contribution is 2.24. The molecule has 1 aliphatic heterocycles. The molecule has 0 radical (unpaired) electrons. The van der Waals surface area contributed by atoms with Gasteiger partial charge in [-0.2, -0.15) is 10.1 Å². The van der Waals surface area contributed by atoms with E-state index in [1.165, 1.54) is 6.20 Å². The van der Waals surface area contributed by atoms with E-state index in [9.17, 15) is 4.79 Å². The lowest BCUT2D eigenvalue weighted by molar-refractivity contribution is -0.129. The maximum Gasteiger partial charge on any atom is 0.247 e. The lowest BCUT2D eigenvalue weighted by atomic mass is 10.3. The van der Waals surface area contributed by atoms with E-state index in [0.29, 0.717) is 48.0 Å². The highest BCUT2D eigenvalue weighted by Gasteiger charge is 2.20. The Morgan fingerprint density at radius 2 is 1.79 bits per heavy atom. The van der Waals surface area contributed by atoms with Crippen LogP contribution >= 0.6 is 23.2 Å². The Balaban J connectivity index is 1.71. The molecule has 3 rings (SSSR count). The molecule has 0 aliphatic carbocycles. The summed E-state index contributed by atoms with van der Waals surface area (Å²) in [6.07, 6.45) is 1.53. The predicted octanol–water partition coefficient (Wildman–Crippen LogP) is 2.59. The number of rotatable bonds is 3. The number of anilines is 3. The van der Waals surface area contributed by atoms with Crippen molar-refractivity contribution < 1.29 is 4.79 Å². The Bertz CT molecular complexity index is 728. The minimum atomic E-state index is 0.0851. The number of aromatic nitrogens is 3. The highest BCUT2D eigenvalue weighted by atomic mass is 35.5. The second-order valence-corrected chi connectivity index (χ2v) is 6.29. The van der Waals surface area contributed by atoms with Crippen LogP contribution in [0.3, 0.4) is 0 Å². The Morgan fingerprint density at radius 1 is 1.12 bits per heavy atom. The summed E-state index contributed by atoms with van der Waals surface area (Å²) >= 11 is 12.0. The van der Waals surface area contributed by atoms with E-state index < -0.39 is 0 Å². The monoisotopic (exact) mass is 366 g/mol. The first-order valence-electron chi connectivity index (χ1n) is 7.44. The van der Waals surface area contributed by atoms with Crippen LogP contribution in [0.15, 0.2) is 24.4 Å². The van der Waals surface area contributed by atoms with Crippen molar-refractivity contribution in [1.82, 2.24) is 20.1 Å². The van der Waals surface area contributed by atoms with Crippen molar-refractivity contribution in [3.05, 3.63) is 34.4 Å². The van der Waals surface area contributed by atoms with Gasteiger partial charge in [-0.15, -0.1) is 5.10 Å². The molecular formula is C15H16Cl2N6O. The molecule has 1 N–H and O–H groups in total. The third-order valence-corrected chi connectivity index (χ3v) is 4.13. The topological polar surface area (TPSA) is 74.2 Å². The minimum absolute atomic E-state index is 0.0851. The minimum Gasteiger partial charge on any atom is -0.339 e. The van der Waals surface area contributed by atoms with Crippen LogP contribution in [0.1, 0.15) is 6.92 Å². The van der Waals surface area contributed by atoms with E-state index in [0.717, 1.165) is 5.69 Å². The van der Waals surface area contributed by atoms with Gasteiger partial charge in [0.05, 0.1) is 6.20 Å². The number of benzene rings is 1. The summed E-state index contributed by atoms with van der Waals surface area (Å²) in [5.41, 5.74) is 0.723. The van der Waals surface area contributed by atoms with Crippen molar-refractivity contribution >= 4 is 46.6 Å². The van der Waals surface area contributed by atoms with E-state index in [-0.39, 0.29) is 5.91 Å². The Hall–Kier alpha value is -2.12. The van der Waals surface area contributed by atoms with Crippen molar-refractivity contribution in [2.75, 3.05) is 36.4 Å². The molecule has 24 heavy (non-hydrogen) atoms. The second-order valence-electron chi connectivity index (χ2n) is 5.42. The van der Waals surface area contributed by atoms with E-state index >= 15 is 0 Å². The van der Waals surface area contributed by atoms with Gasteiger partial charge in [0, 0.05) is 48.8 Å². The van der Waals surface area contributed by atoms with E-state index in [2.05, 4.69) is 20.5 Å². The first-order chi connectivity index (χ1) is 11.5. The molecule has 9 heteroatoms. The van der Waals surface area contributed by atoms with Crippen LogP contribution in [0.4, 0.5) is 17.5 Å². The van der Waals surface area contributed by atoms with Crippen molar-refractivity contribution in [3.8, 4) is 0 Å². The zero-order valence-electron chi connectivity index (χ0n) is 13.0. The number of hydrogen-bond donors (Lipinski definition) is 1. The standard InChI is InChI=1S/C15H16Cl2N6O/c1-10(24)22-2-4-23(5-3-22)15-20-14(9-18-21-15)19-13-7-11(16)6-12(17)8-13/h6-9H,2-5H2,1H3,(H,19,20,21). The Kier molecular flexibility index (Phi) is 5.01. The number of nitrogens with one attached hydrogen (secondary N) is 1. The number of carbonyl (C=O) groups excluding carboxylic acids is 1. The molecule has 0 spiro atoms. The fraction of sp³-hybridized carbons (Fsp3) is 0.333. The molecule has 1 amide bonds. The SMILES string of the molecule is CC(=O)N1CCN(c2nncc(Nc3cc(Cl)cc(Cl)c3)n2)CC1. The molecular weight excluding hydrogens is 351 g/mol. The van der Waals surface area contributed by atoms with Gasteiger partial charge in [-0.1, -0.05) is 23.2 Å². The molecule has 0 atom stereocenters. The van der Waals surface area contributed by atoms with Gasteiger partial charge in [-0.3, -0.25) is 4.79 Å². The average molecular weight is 367 g/mol. The molecule has 7 nitrogen and oxygen atoms in total. The fourth-order valence-electron chi connectivity index (χ4n) is 2.48. The third-order valence-electron chi connectivity index (χ3n) is 3.69. The van der Waals surface area contributed by atoms with E-state index in [1.807, 2.05) is 4.90 Å². The number of piperazine rings is 1. The van der Waals surface area contributed by atoms with Crippen LogP contribution in [0.5, 0.6) is 0 Å². The summed E-state index contributed by atoms with van der Waals surface area (Å²) in [6.45, 7) is 4.23. The quantitative estimate of drug-likeness (QED) is 0.899. The van der Waals surface area contributed by atoms with Gasteiger partial charge in [-0.25, -0.2) is 0 Å². The van der Waals surface area contributed by atoms with Crippen molar-refractivity contribution in [1.29, 1.82) is 0 Å². The molecule has 0 bridgehead atoms. The maximum absolute atomic E-state index is 11.4. The summed E-state index contributed by atoms with van der Waals surface area (Å²) in [6, 6.07) is 5.16. The van der Waals surface area contributed by atoms with Crippen molar-refractivity contribution in [3.63, 3.8) is 0 Å². The molecule has 2 heterocycles. The lowest BCUT2D eigenvalue weighted by Crippen LogP contribution is -2.48. The average Bonchev–Trinajstić information content (AvgIpc) is 2.54. The number of amides is 1. The first-order valence-corrected chi connectivity index (χ1v) is 8.20. The summed E-state index contributed by atoms with van der Waals surface area (Å²) in [7, 11) is 0. The van der Waals surface area contributed by atoms with E-state index in [1.54, 1.807) is 30.0 Å². The van der Waals surface area contributed by atoms with Gasteiger partial charge in [0.2, 0.25) is 11.9 Å². The van der Waals surface area contributed by atoms with Crippen LogP contribution in [-0.4, -0.2) is 52.2 Å². The Morgan fingerprint density at radius 3 is 2.42 bits per heavy atom. The van der Waals surface area contributed by atoms with Crippen LogP contribution in [0.2, 0.25) is 10.0 Å². The zero-order valence-corrected chi connectivity index (χ0v) is 14.5. The van der Waals surface area contributed by atoms with Gasteiger partial charge in [0.25, 0.3) is 0 Å². The molecule has 1 fully saturated rings. The van der Waals surface area contributed by atoms with Gasteiger partial charge >= 0.3 is 0 Å². The Labute approximate surface area is 149 Å². The second kappa shape index (κ2) is 7.19. The summed E-state index contributed by atoms with van der Waals surface area (Å²) in [5.74, 6) is 1.16. The number of halogens is 2. The van der Waals surface area contributed by atoms with Crippen LogP contribution < -0.4 is 10.2 Å². The van der Waals surface area contributed by atoms with Gasteiger partial charge < -0.3 is 15.1 Å². The highest BCUT2D eigenvalue weighted by molar-refractivity contribution is 6.35. The van der Waals surface area contributed by atoms with Crippen molar-refractivity contribution in [2.45, 2.75) is 6.92 Å². The predicted molar refractivity (Wildman–Crippen MR) is 94.0 cm³/mol. The van der Waals surface area contributed by atoms with Crippen molar-refractivity contribution in [2.24, 2.45) is 0 Å². The summed E-state index contributed by atoms with van der Waals surface area (Å²) in [4.78, 5) is 19.7. The van der Waals surface area contributed by atoms with Crippen LogP contribution in [0.25, 0.3) is 0 Å². The molecule has 2 aromatic rings. The molecule has 1 saturated heterocycles. The molecule has 1 aromatic heterocycles. The molecule has 126 valence electrons. The largest absolute Gasteiger partial charge is 0.339 e. The van der Waals surface area contributed by atoms with Gasteiger partial charge in [-0.05, 0) is 18.2 Å². The number of hydrogen-bond acceptors (Lipinski definition) is 6. The smallest absolute Gasteiger partial charge is 0.247 e. The maximum atomic E-state index is 11.4. The van der Waals surface area contributed by atoms with Crippen LogP contribution in [0, 0.1) is 0 Å². The third kappa shape index (κ3) is 4.04. The summed E-state index contributed by atoms with van der Waals surface area (Å²) in [5, 5.41) is 12.3. The molecule has 0 unspecified atom stereocenters. The molecule has 1 aromatic carbocycles. The first kappa shape index (κ1) is 16.7. The number of carbonyl (C=O) groups is 1. The normalized spacial score (nSPS) is 14.6. The zero-order chi connectivity index (χ0) is 17.1. The number of nitrogens with zero attached hydrogens (tertiary/aromatic N) is 5. The summed E-state index contributed by atoms with van der Waals surface area (Å²) < 4.78 is 0. The lowest BCUT2D eigenvalue weighted by Gasteiger charge is -2.33. The van der Waals surface area contributed by atoms with E-state index in [4.69, 9.17) is 23.2 Å².